The second kappa shape index (κ2) is 4.87. The third-order valence-electron chi connectivity index (χ3n) is 1.32. The summed E-state index contributed by atoms with van der Waals surface area (Å²) in [6, 6.07) is 3.23. The average molecular weight is 299 g/mol. The number of carbonyl (C=O) groups excluding carboxylic acids is 1. The lowest BCUT2D eigenvalue weighted by Gasteiger charge is -2.08. The SMILES string of the molecule is NC(=O)COc1c(Cl)cc(Br)cc1Cl. The van der Waals surface area contributed by atoms with Gasteiger partial charge in [-0.25, -0.2) is 0 Å². The Morgan fingerprint density at radius 2 is 1.93 bits per heavy atom. The zero-order valence-electron chi connectivity index (χ0n) is 6.89. The van der Waals surface area contributed by atoms with E-state index < -0.39 is 5.91 Å². The maximum absolute atomic E-state index is 10.5. The van der Waals surface area contributed by atoms with Crippen LogP contribution in [-0.2, 0) is 4.79 Å². The third-order valence-corrected chi connectivity index (χ3v) is 2.34. The van der Waals surface area contributed by atoms with Crippen molar-refractivity contribution in [2.75, 3.05) is 6.61 Å². The summed E-state index contributed by atoms with van der Waals surface area (Å²) in [6.07, 6.45) is 0. The Balaban J connectivity index is 2.91. The molecule has 1 amide bonds. The van der Waals surface area contributed by atoms with Crippen LogP contribution in [0.15, 0.2) is 16.6 Å². The van der Waals surface area contributed by atoms with Gasteiger partial charge in [-0.1, -0.05) is 39.1 Å². The van der Waals surface area contributed by atoms with Crippen molar-refractivity contribution in [3.8, 4) is 5.75 Å². The topological polar surface area (TPSA) is 52.3 Å². The van der Waals surface area contributed by atoms with Gasteiger partial charge in [0.1, 0.15) is 0 Å². The molecule has 0 fully saturated rings. The summed E-state index contributed by atoms with van der Waals surface area (Å²) in [4.78, 5) is 10.5. The molecule has 0 aliphatic carbocycles. The molecule has 0 radical (unpaired) electrons. The van der Waals surface area contributed by atoms with Gasteiger partial charge in [0.15, 0.2) is 12.4 Å². The number of amides is 1. The largest absolute Gasteiger partial charge is 0.481 e. The predicted molar refractivity (Wildman–Crippen MR) is 58.9 cm³/mol. The first kappa shape index (κ1) is 11.6. The number of rotatable bonds is 3. The standard InChI is InChI=1S/C8H6BrCl2NO2/c9-4-1-5(10)8(6(11)2-4)14-3-7(12)13/h1-2H,3H2,(H2,12,13). The first-order chi connectivity index (χ1) is 6.50. The number of benzene rings is 1. The van der Waals surface area contributed by atoms with Gasteiger partial charge in [0.05, 0.1) is 10.0 Å². The lowest BCUT2D eigenvalue weighted by atomic mass is 10.3. The molecule has 0 saturated heterocycles. The highest BCUT2D eigenvalue weighted by Crippen LogP contribution is 2.35. The molecule has 1 aromatic carbocycles. The van der Waals surface area contributed by atoms with Gasteiger partial charge >= 0.3 is 0 Å². The van der Waals surface area contributed by atoms with Crippen molar-refractivity contribution in [1.82, 2.24) is 0 Å². The van der Waals surface area contributed by atoms with Gasteiger partial charge in [-0.15, -0.1) is 0 Å². The van der Waals surface area contributed by atoms with Crippen LogP contribution in [0.25, 0.3) is 0 Å². The van der Waals surface area contributed by atoms with Gasteiger partial charge < -0.3 is 10.5 Å². The quantitative estimate of drug-likeness (QED) is 0.932. The second-order valence-electron chi connectivity index (χ2n) is 2.45. The van der Waals surface area contributed by atoms with Crippen LogP contribution in [0.5, 0.6) is 5.75 Å². The smallest absolute Gasteiger partial charge is 0.255 e. The Kier molecular flexibility index (Phi) is 4.04. The number of carbonyl (C=O) groups is 1. The molecular formula is C8H6BrCl2NO2. The Morgan fingerprint density at radius 1 is 1.43 bits per heavy atom. The molecule has 6 heteroatoms. The maximum Gasteiger partial charge on any atom is 0.255 e. The molecule has 0 spiro atoms. The maximum atomic E-state index is 10.5. The Bertz CT molecular complexity index is 347. The minimum atomic E-state index is -0.583. The van der Waals surface area contributed by atoms with Crippen LogP contribution < -0.4 is 10.5 Å². The zero-order chi connectivity index (χ0) is 10.7. The fraction of sp³-hybridized carbons (Fsp3) is 0.125. The third kappa shape index (κ3) is 3.04. The molecule has 1 rings (SSSR count). The first-order valence-corrected chi connectivity index (χ1v) is 5.11. The van der Waals surface area contributed by atoms with E-state index in [2.05, 4.69) is 15.9 Å². The van der Waals surface area contributed by atoms with Crippen molar-refractivity contribution in [3.63, 3.8) is 0 Å². The Hall–Kier alpha value is -0.450. The second-order valence-corrected chi connectivity index (χ2v) is 4.18. The number of hydrogen-bond donors (Lipinski definition) is 1. The van der Waals surface area contributed by atoms with Gasteiger partial charge in [-0.05, 0) is 12.1 Å². The van der Waals surface area contributed by atoms with E-state index in [1.54, 1.807) is 12.1 Å². The van der Waals surface area contributed by atoms with Gasteiger partial charge in [0.2, 0.25) is 0 Å². The number of hydrogen-bond acceptors (Lipinski definition) is 2. The lowest BCUT2D eigenvalue weighted by Crippen LogP contribution is -2.20. The van der Waals surface area contributed by atoms with Crippen LogP contribution in [0.2, 0.25) is 10.0 Å². The number of ether oxygens (including phenoxy) is 1. The molecule has 2 N–H and O–H groups in total. The Morgan fingerprint density at radius 3 is 2.36 bits per heavy atom. The monoisotopic (exact) mass is 297 g/mol. The van der Waals surface area contributed by atoms with E-state index in [0.29, 0.717) is 10.0 Å². The van der Waals surface area contributed by atoms with Crippen molar-refractivity contribution in [2.24, 2.45) is 5.73 Å². The van der Waals surface area contributed by atoms with Crippen LogP contribution >= 0.6 is 39.1 Å². The highest BCUT2D eigenvalue weighted by molar-refractivity contribution is 9.10. The molecule has 0 aliphatic heterocycles. The Labute approximate surface area is 99.3 Å². The molecule has 0 unspecified atom stereocenters. The van der Waals surface area contributed by atoms with Gasteiger partial charge in [-0.2, -0.15) is 0 Å². The van der Waals surface area contributed by atoms with Crippen LogP contribution in [0.3, 0.4) is 0 Å². The van der Waals surface area contributed by atoms with Crippen LogP contribution in [0, 0.1) is 0 Å². The van der Waals surface area contributed by atoms with Crippen molar-refractivity contribution >= 4 is 45.0 Å². The molecule has 1 aromatic rings. The summed E-state index contributed by atoms with van der Waals surface area (Å²) in [6.45, 7) is -0.249. The summed E-state index contributed by atoms with van der Waals surface area (Å²) in [5, 5.41) is 0.649. The summed E-state index contributed by atoms with van der Waals surface area (Å²) in [7, 11) is 0. The molecule has 0 heterocycles. The van der Waals surface area contributed by atoms with E-state index in [1.165, 1.54) is 0 Å². The summed E-state index contributed by atoms with van der Waals surface area (Å²) in [5.41, 5.74) is 4.91. The fourth-order valence-corrected chi connectivity index (χ4v) is 2.13. The van der Waals surface area contributed by atoms with E-state index in [1.807, 2.05) is 0 Å². The molecule has 0 bridgehead atoms. The molecule has 0 atom stereocenters. The van der Waals surface area contributed by atoms with Crippen LogP contribution in [0.4, 0.5) is 0 Å². The van der Waals surface area contributed by atoms with Crippen LogP contribution in [0.1, 0.15) is 0 Å². The average Bonchev–Trinajstić information content (AvgIpc) is 2.01. The zero-order valence-corrected chi connectivity index (χ0v) is 9.99. The van der Waals surface area contributed by atoms with Crippen molar-refractivity contribution in [1.29, 1.82) is 0 Å². The molecule has 0 aliphatic rings. The number of halogens is 3. The summed E-state index contributed by atoms with van der Waals surface area (Å²) < 4.78 is 5.76. The van der Waals surface area contributed by atoms with E-state index in [0.717, 1.165) is 4.47 Å². The van der Waals surface area contributed by atoms with Gasteiger partial charge in [0.25, 0.3) is 5.91 Å². The molecule has 0 saturated carbocycles. The molecule has 14 heavy (non-hydrogen) atoms. The van der Waals surface area contributed by atoms with Crippen molar-refractivity contribution in [3.05, 3.63) is 26.7 Å². The highest BCUT2D eigenvalue weighted by atomic mass is 79.9. The van der Waals surface area contributed by atoms with Gasteiger partial charge in [0, 0.05) is 4.47 Å². The van der Waals surface area contributed by atoms with E-state index in [-0.39, 0.29) is 12.4 Å². The van der Waals surface area contributed by atoms with Gasteiger partial charge in [-0.3, -0.25) is 4.79 Å². The first-order valence-electron chi connectivity index (χ1n) is 3.56. The normalized spacial score (nSPS) is 9.93. The van der Waals surface area contributed by atoms with Crippen LogP contribution in [-0.4, -0.2) is 12.5 Å². The molecule has 3 nitrogen and oxygen atoms in total. The predicted octanol–water partition coefficient (Wildman–Crippen LogP) is 2.62. The van der Waals surface area contributed by atoms with Crippen molar-refractivity contribution in [2.45, 2.75) is 0 Å². The minimum absolute atomic E-state index is 0.249. The number of primary amides is 1. The summed E-state index contributed by atoms with van der Waals surface area (Å²) >= 11 is 14.9. The number of nitrogens with two attached hydrogens (primary N) is 1. The molecule has 0 aromatic heterocycles. The summed E-state index contributed by atoms with van der Waals surface area (Å²) in [5.74, 6) is -0.324. The molecular weight excluding hydrogens is 293 g/mol. The van der Waals surface area contributed by atoms with Crippen molar-refractivity contribution < 1.29 is 9.53 Å². The molecule has 76 valence electrons. The van der Waals surface area contributed by atoms with E-state index in [4.69, 9.17) is 33.7 Å². The van der Waals surface area contributed by atoms with E-state index >= 15 is 0 Å². The highest BCUT2D eigenvalue weighted by Gasteiger charge is 2.09. The lowest BCUT2D eigenvalue weighted by molar-refractivity contribution is -0.119. The minimum Gasteiger partial charge on any atom is -0.481 e. The fourth-order valence-electron chi connectivity index (χ4n) is 0.810. The van der Waals surface area contributed by atoms with E-state index in [9.17, 15) is 4.79 Å².